The van der Waals surface area contributed by atoms with E-state index in [0.29, 0.717) is 38.3 Å². The van der Waals surface area contributed by atoms with Crippen LogP contribution in [0, 0.1) is 0 Å². The van der Waals surface area contributed by atoms with Gasteiger partial charge in [-0.1, -0.05) is 35.1 Å². The first-order chi connectivity index (χ1) is 15.1. The second-order valence-electron chi connectivity index (χ2n) is 6.87. The number of hydrogen-bond acceptors (Lipinski definition) is 6. The number of nitrogens with zero attached hydrogens (tertiary/aromatic N) is 3. The van der Waals surface area contributed by atoms with Crippen molar-refractivity contribution < 1.29 is 4.42 Å². The molecule has 31 heavy (non-hydrogen) atoms. The lowest BCUT2D eigenvalue weighted by Crippen LogP contribution is -2.23. The van der Waals surface area contributed by atoms with Crippen molar-refractivity contribution in [1.29, 1.82) is 0 Å². The molecule has 0 fully saturated rings. The van der Waals surface area contributed by atoms with Crippen LogP contribution in [0.25, 0.3) is 22.4 Å². The number of thiazole rings is 1. The van der Waals surface area contributed by atoms with E-state index in [1.807, 2.05) is 42.7 Å². The summed E-state index contributed by atoms with van der Waals surface area (Å²) in [5.41, 5.74) is 1.84. The van der Waals surface area contributed by atoms with E-state index in [2.05, 4.69) is 34.3 Å². The quantitative estimate of drug-likeness (QED) is 0.344. The molecule has 5 rings (SSSR count). The van der Waals surface area contributed by atoms with Crippen LogP contribution in [-0.2, 0) is 6.42 Å². The van der Waals surface area contributed by atoms with Crippen LogP contribution < -0.4 is 10.1 Å². The molecule has 0 saturated heterocycles. The summed E-state index contributed by atoms with van der Waals surface area (Å²) in [6.07, 6.45) is 4.36. The molecule has 0 amide bonds. The molecule has 0 saturated carbocycles. The van der Waals surface area contributed by atoms with Gasteiger partial charge >= 0.3 is 0 Å². The third kappa shape index (κ3) is 4.17. The zero-order chi connectivity index (χ0) is 21.4. The first kappa shape index (κ1) is 20.1. The van der Waals surface area contributed by atoms with E-state index in [9.17, 15) is 4.79 Å². The molecular weight excluding hydrogens is 450 g/mol. The number of fused-ring (bicyclic) bond motifs is 1. The van der Waals surface area contributed by atoms with Crippen LogP contribution in [-0.4, -0.2) is 20.9 Å². The van der Waals surface area contributed by atoms with Gasteiger partial charge in [0.2, 0.25) is 4.96 Å². The molecular formula is C23H16ClN3O2S2. The Labute approximate surface area is 191 Å². The van der Waals surface area contributed by atoms with E-state index >= 15 is 0 Å². The van der Waals surface area contributed by atoms with E-state index in [4.69, 9.17) is 16.0 Å². The van der Waals surface area contributed by atoms with Crippen LogP contribution in [0.3, 0.4) is 0 Å². The number of aromatic nitrogens is 3. The van der Waals surface area contributed by atoms with Crippen LogP contribution in [0.2, 0.25) is 5.02 Å². The average Bonchev–Trinajstić information content (AvgIpc) is 3.47. The highest BCUT2D eigenvalue weighted by atomic mass is 35.5. The number of furan rings is 1. The number of rotatable bonds is 5. The maximum absolute atomic E-state index is 12.8. The van der Waals surface area contributed by atoms with E-state index in [1.165, 1.54) is 20.7 Å². The predicted molar refractivity (Wildman–Crippen MR) is 126 cm³/mol. The monoisotopic (exact) mass is 465 g/mol. The maximum Gasteiger partial charge on any atom is 0.291 e. The molecule has 3 aromatic heterocycles. The minimum atomic E-state index is -0.194. The summed E-state index contributed by atoms with van der Waals surface area (Å²) in [6, 6.07) is 19.4. The van der Waals surface area contributed by atoms with Gasteiger partial charge in [0.15, 0.2) is 5.82 Å². The lowest BCUT2D eigenvalue weighted by molar-refractivity contribution is 0.571. The molecule has 0 N–H and O–H groups in total. The van der Waals surface area contributed by atoms with Gasteiger partial charge in [0.1, 0.15) is 16.1 Å². The Bertz CT molecular complexity index is 1470. The van der Waals surface area contributed by atoms with E-state index in [1.54, 1.807) is 17.8 Å². The van der Waals surface area contributed by atoms with E-state index in [-0.39, 0.29) is 5.56 Å². The molecule has 2 aromatic carbocycles. The van der Waals surface area contributed by atoms with Crippen molar-refractivity contribution >= 4 is 45.7 Å². The largest absolute Gasteiger partial charge is 0.457 e. The number of benzene rings is 2. The first-order valence-corrected chi connectivity index (χ1v) is 11.9. The molecule has 3 heterocycles. The van der Waals surface area contributed by atoms with Crippen molar-refractivity contribution in [3.63, 3.8) is 0 Å². The van der Waals surface area contributed by atoms with E-state index < -0.39 is 0 Å². The fourth-order valence-corrected chi connectivity index (χ4v) is 4.65. The zero-order valence-electron chi connectivity index (χ0n) is 16.4. The van der Waals surface area contributed by atoms with Crippen LogP contribution in [0.15, 0.2) is 74.8 Å². The third-order valence-electron chi connectivity index (χ3n) is 4.78. The van der Waals surface area contributed by atoms with Crippen molar-refractivity contribution in [2.45, 2.75) is 11.3 Å². The first-order valence-electron chi connectivity index (χ1n) is 9.48. The number of halogens is 1. The minimum absolute atomic E-state index is 0.194. The maximum atomic E-state index is 12.8. The fourth-order valence-electron chi connectivity index (χ4n) is 3.20. The summed E-state index contributed by atoms with van der Waals surface area (Å²) in [5.74, 6) is 1.94. The molecule has 0 aliphatic rings. The van der Waals surface area contributed by atoms with Gasteiger partial charge in [-0.2, -0.15) is 4.52 Å². The highest BCUT2D eigenvalue weighted by Crippen LogP contribution is 2.24. The SMILES string of the molecule is CSc1ccc(Cc2nc3s/c(=C\c4ccc(-c5ccc(Cl)cc5)o4)c(=O)n3n2)cc1. The second-order valence-corrected chi connectivity index (χ2v) is 9.20. The summed E-state index contributed by atoms with van der Waals surface area (Å²) < 4.78 is 7.78. The second kappa shape index (κ2) is 8.34. The fraction of sp³-hybridized carbons (Fsp3) is 0.0870. The summed E-state index contributed by atoms with van der Waals surface area (Å²) in [6.45, 7) is 0. The number of hydrogen-bond donors (Lipinski definition) is 0. The smallest absolute Gasteiger partial charge is 0.291 e. The topological polar surface area (TPSA) is 60.4 Å². The zero-order valence-corrected chi connectivity index (χ0v) is 18.8. The van der Waals surface area contributed by atoms with Gasteiger partial charge in [-0.3, -0.25) is 4.79 Å². The Morgan fingerprint density at radius 2 is 1.87 bits per heavy atom. The van der Waals surface area contributed by atoms with Crippen molar-refractivity contribution in [2.75, 3.05) is 6.26 Å². The highest BCUT2D eigenvalue weighted by molar-refractivity contribution is 7.98. The Morgan fingerprint density at radius 3 is 2.58 bits per heavy atom. The Morgan fingerprint density at radius 1 is 1.10 bits per heavy atom. The summed E-state index contributed by atoms with van der Waals surface area (Å²) >= 11 is 8.95. The van der Waals surface area contributed by atoms with Gasteiger partial charge in [-0.05, 0) is 60.4 Å². The normalized spacial score (nSPS) is 12.1. The Kier molecular flexibility index (Phi) is 5.40. The molecule has 0 unspecified atom stereocenters. The summed E-state index contributed by atoms with van der Waals surface area (Å²) in [5, 5.41) is 5.08. The molecule has 0 spiro atoms. The molecule has 0 radical (unpaired) electrons. The molecule has 0 atom stereocenters. The lowest BCUT2D eigenvalue weighted by Gasteiger charge is -1.99. The minimum Gasteiger partial charge on any atom is -0.457 e. The molecule has 5 nitrogen and oxygen atoms in total. The molecule has 154 valence electrons. The summed E-state index contributed by atoms with van der Waals surface area (Å²) in [4.78, 5) is 19.1. The van der Waals surface area contributed by atoms with Gasteiger partial charge in [0.05, 0.1) is 0 Å². The average molecular weight is 466 g/mol. The van der Waals surface area contributed by atoms with Gasteiger partial charge in [0.25, 0.3) is 5.56 Å². The Hall–Kier alpha value is -2.87. The molecule has 0 bridgehead atoms. The van der Waals surface area contributed by atoms with Crippen molar-refractivity contribution in [3.05, 3.63) is 97.7 Å². The van der Waals surface area contributed by atoms with E-state index in [0.717, 1.165) is 11.1 Å². The molecule has 5 aromatic rings. The van der Waals surface area contributed by atoms with Crippen LogP contribution in [0.4, 0.5) is 0 Å². The summed E-state index contributed by atoms with van der Waals surface area (Å²) in [7, 11) is 0. The van der Waals surface area contributed by atoms with Gasteiger partial charge in [0, 0.05) is 28.0 Å². The Balaban J connectivity index is 1.41. The highest BCUT2D eigenvalue weighted by Gasteiger charge is 2.12. The van der Waals surface area contributed by atoms with Crippen molar-refractivity contribution in [1.82, 2.24) is 14.6 Å². The lowest BCUT2D eigenvalue weighted by atomic mass is 10.1. The molecule has 0 aliphatic heterocycles. The molecule has 8 heteroatoms. The van der Waals surface area contributed by atoms with Crippen molar-refractivity contribution in [3.8, 4) is 11.3 Å². The van der Waals surface area contributed by atoms with Crippen molar-refractivity contribution in [2.24, 2.45) is 0 Å². The van der Waals surface area contributed by atoms with Crippen LogP contribution in [0.5, 0.6) is 0 Å². The third-order valence-corrected chi connectivity index (χ3v) is 6.73. The number of thioether (sulfide) groups is 1. The predicted octanol–water partition coefficient (Wildman–Crippen LogP) is 4.92. The van der Waals surface area contributed by atoms with Crippen LogP contribution >= 0.6 is 34.7 Å². The molecule has 0 aliphatic carbocycles. The standard InChI is InChI=1S/C23H16ClN3O2S2/c1-30-18-9-2-14(3-10-18)12-21-25-23-27(26-21)22(28)20(31-23)13-17-8-11-19(29-17)15-4-6-16(24)7-5-15/h2-11,13H,12H2,1H3/b20-13-. The van der Waals surface area contributed by atoms with Gasteiger partial charge in [-0.15, -0.1) is 16.9 Å². The van der Waals surface area contributed by atoms with Gasteiger partial charge in [-0.25, -0.2) is 4.98 Å². The van der Waals surface area contributed by atoms with Crippen LogP contribution in [0.1, 0.15) is 17.1 Å². The van der Waals surface area contributed by atoms with Gasteiger partial charge < -0.3 is 4.42 Å².